The van der Waals surface area contributed by atoms with E-state index in [9.17, 15) is 4.39 Å². The molecule has 0 aliphatic rings. The van der Waals surface area contributed by atoms with Crippen LogP contribution in [0, 0.1) is 5.82 Å². The van der Waals surface area contributed by atoms with Crippen molar-refractivity contribution in [2.45, 2.75) is 10.1 Å². The summed E-state index contributed by atoms with van der Waals surface area (Å²) in [6, 6.07) is 8.11. The molecule has 2 nitrogen and oxygen atoms in total. The monoisotopic (exact) mass is 206 g/mol. The Balaban J connectivity index is 2.19. The van der Waals surface area contributed by atoms with E-state index in [4.69, 9.17) is 0 Å². The van der Waals surface area contributed by atoms with Crippen molar-refractivity contribution in [3.63, 3.8) is 0 Å². The zero-order chi connectivity index (χ0) is 9.80. The predicted molar refractivity (Wildman–Crippen MR) is 52.6 cm³/mol. The van der Waals surface area contributed by atoms with Gasteiger partial charge in [-0.15, -0.1) is 0 Å². The molecule has 0 spiro atoms. The Hall–Kier alpha value is -1.42. The van der Waals surface area contributed by atoms with Gasteiger partial charge in [-0.05, 0) is 36.0 Å². The summed E-state index contributed by atoms with van der Waals surface area (Å²) >= 11 is 1.34. The first-order valence-electron chi connectivity index (χ1n) is 4.05. The van der Waals surface area contributed by atoms with Crippen molar-refractivity contribution in [1.29, 1.82) is 0 Å². The summed E-state index contributed by atoms with van der Waals surface area (Å²) in [6.07, 6.45) is 3.32. The lowest BCUT2D eigenvalue weighted by Crippen LogP contribution is -1.83. The van der Waals surface area contributed by atoms with Crippen LogP contribution in [0.25, 0.3) is 0 Å². The molecule has 0 radical (unpaired) electrons. The maximum Gasteiger partial charge on any atom is 0.192 e. The molecule has 70 valence electrons. The molecule has 0 aliphatic carbocycles. The van der Waals surface area contributed by atoms with E-state index in [-0.39, 0.29) is 5.82 Å². The fraction of sp³-hybridized carbons (Fsp3) is 0. The molecule has 1 heterocycles. The molecule has 14 heavy (non-hydrogen) atoms. The third-order valence-corrected chi connectivity index (χ3v) is 2.43. The van der Waals surface area contributed by atoms with Crippen molar-refractivity contribution in [2.75, 3.05) is 0 Å². The third-order valence-electron chi connectivity index (χ3n) is 1.55. The van der Waals surface area contributed by atoms with Crippen molar-refractivity contribution < 1.29 is 4.39 Å². The molecule has 0 aliphatic heterocycles. The number of aromatic nitrogens is 2. The maximum absolute atomic E-state index is 12.8. The Bertz CT molecular complexity index is 419. The minimum absolute atomic E-state index is 0.245. The zero-order valence-corrected chi connectivity index (χ0v) is 8.04. The largest absolute Gasteiger partial charge is 0.231 e. The third kappa shape index (κ3) is 2.29. The van der Waals surface area contributed by atoms with Crippen molar-refractivity contribution in [3.8, 4) is 0 Å². The van der Waals surface area contributed by atoms with Gasteiger partial charge >= 0.3 is 0 Å². The Morgan fingerprint density at radius 3 is 2.57 bits per heavy atom. The van der Waals surface area contributed by atoms with Crippen LogP contribution in [0.4, 0.5) is 4.39 Å². The van der Waals surface area contributed by atoms with Gasteiger partial charge in [-0.25, -0.2) is 14.4 Å². The van der Waals surface area contributed by atoms with E-state index in [1.165, 1.54) is 23.9 Å². The first-order chi connectivity index (χ1) is 6.84. The summed E-state index contributed by atoms with van der Waals surface area (Å²) in [5.41, 5.74) is 0. The average Bonchev–Trinajstić information content (AvgIpc) is 2.19. The number of hydrogen-bond acceptors (Lipinski definition) is 3. The van der Waals surface area contributed by atoms with Gasteiger partial charge in [0, 0.05) is 17.3 Å². The summed E-state index contributed by atoms with van der Waals surface area (Å²) in [6.45, 7) is 0. The molecule has 1 aromatic carbocycles. The standard InChI is InChI=1S/C10H7FN2S/c11-8-3-1-4-9(7-8)14-10-12-5-2-6-13-10/h1-7H. The molecule has 4 heteroatoms. The molecule has 0 amide bonds. The number of hydrogen-bond donors (Lipinski definition) is 0. The molecule has 0 N–H and O–H groups in total. The van der Waals surface area contributed by atoms with Gasteiger partial charge in [-0.3, -0.25) is 0 Å². The van der Waals surface area contributed by atoms with Crippen LogP contribution in [-0.2, 0) is 0 Å². The van der Waals surface area contributed by atoms with Crippen LogP contribution in [-0.4, -0.2) is 9.97 Å². The van der Waals surface area contributed by atoms with E-state index in [1.807, 2.05) is 6.07 Å². The van der Waals surface area contributed by atoms with Crippen LogP contribution >= 0.6 is 11.8 Å². The highest BCUT2D eigenvalue weighted by Gasteiger charge is 1.99. The first-order valence-corrected chi connectivity index (χ1v) is 4.87. The Morgan fingerprint density at radius 1 is 1.07 bits per heavy atom. The normalized spacial score (nSPS) is 10.1. The molecule has 2 aromatic rings. The van der Waals surface area contributed by atoms with Gasteiger partial charge in [0.25, 0.3) is 0 Å². The van der Waals surface area contributed by atoms with Gasteiger partial charge in [0.1, 0.15) is 5.82 Å². The summed E-state index contributed by atoms with van der Waals surface area (Å²) in [5.74, 6) is -0.245. The van der Waals surface area contributed by atoms with Crippen molar-refractivity contribution in [2.24, 2.45) is 0 Å². The summed E-state index contributed by atoms with van der Waals surface area (Å²) in [7, 11) is 0. The Labute approximate surface area is 85.2 Å². The molecule has 0 saturated heterocycles. The number of rotatable bonds is 2. The minimum atomic E-state index is -0.245. The molecule has 1 aromatic heterocycles. The van der Waals surface area contributed by atoms with Crippen molar-refractivity contribution in [3.05, 3.63) is 48.5 Å². The van der Waals surface area contributed by atoms with Gasteiger partial charge in [-0.2, -0.15) is 0 Å². The van der Waals surface area contributed by atoms with Gasteiger partial charge in [0.2, 0.25) is 0 Å². The molecule has 0 fully saturated rings. The fourth-order valence-corrected chi connectivity index (χ4v) is 1.73. The lowest BCUT2D eigenvalue weighted by Gasteiger charge is -1.98. The average molecular weight is 206 g/mol. The molecule has 2 rings (SSSR count). The summed E-state index contributed by atoms with van der Waals surface area (Å²) < 4.78 is 12.8. The predicted octanol–water partition coefficient (Wildman–Crippen LogP) is 2.77. The van der Waals surface area contributed by atoms with E-state index in [0.717, 1.165) is 4.90 Å². The number of benzene rings is 1. The second-order valence-corrected chi connectivity index (χ2v) is 3.63. The molecular weight excluding hydrogens is 199 g/mol. The van der Waals surface area contributed by atoms with Crippen LogP contribution in [0.1, 0.15) is 0 Å². The quantitative estimate of drug-likeness (QED) is 0.706. The SMILES string of the molecule is Fc1cccc(Sc2ncccn2)c1. The maximum atomic E-state index is 12.8. The van der Waals surface area contributed by atoms with Gasteiger partial charge in [-0.1, -0.05) is 6.07 Å². The van der Waals surface area contributed by atoms with Crippen molar-refractivity contribution in [1.82, 2.24) is 9.97 Å². The van der Waals surface area contributed by atoms with Crippen LogP contribution in [0.5, 0.6) is 0 Å². The molecular formula is C10H7FN2S. The van der Waals surface area contributed by atoms with Crippen LogP contribution in [0.15, 0.2) is 52.8 Å². The van der Waals surface area contributed by atoms with Gasteiger partial charge in [0.15, 0.2) is 5.16 Å². The smallest absolute Gasteiger partial charge is 0.192 e. The minimum Gasteiger partial charge on any atom is -0.231 e. The Kier molecular flexibility index (Phi) is 2.74. The zero-order valence-electron chi connectivity index (χ0n) is 7.22. The highest BCUT2D eigenvalue weighted by Crippen LogP contribution is 2.23. The van der Waals surface area contributed by atoms with Gasteiger partial charge < -0.3 is 0 Å². The molecule has 0 bridgehead atoms. The lowest BCUT2D eigenvalue weighted by molar-refractivity contribution is 0.624. The van der Waals surface area contributed by atoms with Crippen LogP contribution < -0.4 is 0 Å². The second-order valence-electron chi connectivity index (χ2n) is 2.59. The lowest BCUT2D eigenvalue weighted by atomic mass is 10.4. The van der Waals surface area contributed by atoms with E-state index in [1.54, 1.807) is 24.5 Å². The van der Waals surface area contributed by atoms with E-state index < -0.39 is 0 Å². The van der Waals surface area contributed by atoms with Crippen molar-refractivity contribution >= 4 is 11.8 Å². The van der Waals surface area contributed by atoms with Crippen LogP contribution in [0.2, 0.25) is 0 Å². The number of nitrogens with zero attached hydrogens (tertiary/aromatic N) is 2. The molecule has 0 atom stereocenters. The molecule has 0 unspecified atom stereocenters. The van der Waals surface area contributed by atoms with Crippen LogP contribution in [0.3, 0.4) is 0 Å². The highest BCUT2D eigenvalue weighted by molar-refractivity contribution is 7.99. The summed E-state index contributed by atoms with van der Waals surface area (Å²) in [5, 5.41) is 0.623. The summed E-state index contributed by atoms with van der Waals surface area (Å²) in [4.78, 5) is 8.87. The highest BCUT2D eigenvalue weighted by atomic mass is 32.2. The first kappa shape index (κ1) is 9.15. The van der Waals surface area contributed by atoms with E-state index >= 15 is 0 Å². The molecule has 0 saturated carbocycles. The van der Waals surface area contributed by atoms with E-state index in [2.05, 4.69) is 9.97 Å². The topological polar surface area (TPSA) is 25.8 Å². The Morgan fingerprint density at radius 2 is 1.86 bits per heavy atom. The van der Waals surface area contributed by atoms with Gasteiger partial charge in [0.05, 0.1) is 0 Å². The second kappa shape index (κ2) is 4.19. The fourth-order valence-electron chi connectivity index (χ4n) is 0.974. The number of halogens is 1. The van der Waals surface area contributed by atoms with E-state index in [0.29, 0.717) is 5.16 Å².